The van der Waals surface area contributed by atoms with Crippen molar-refractivity contribution in [3.63, 3.8) is 0 Å². The summed E-state index contributed by atoms with van der Waals surface area (Å²) in [6.07, 6.45) is 2.25. The van der Waals surface area contributed by atoms with Gasteiger partial charge in [0.15, 0.2) is 0 Å². The number of sulfonamides is 1. The zero-order chi connectivity index (χ0) is 26.7. The fraction of sp³-hybridized carbons (Fsp3) is 0.500. The van der Waals surface area contributed by atoms with E-state index in [2.05, 4.69) is 20.3 Å². The summed E-state index contributed by atoms with van der Waals surface area (Å²) in [5.41, 5.74) is 3.05. The number of ether oxygens (including phenoxy) is 1. The summed E-state index contributed by atoms with van der Waals surface area (Å²) >= 11 is 0. The number of likely N-dealkylation sites (N-methyl/N-ethyl adjacent to an activating group) is 1. The Bertz CT molecular complexity index is 1290. The Morgan fingerprint density at radius 1 is 1.17 bits per heavy atom. The molecule has 36 heavy (non-hydrogen) atoms. The van der Waals surface area contributed by atoms with Crippen LogP contribution in [0.2, 0.25) is 0 Å². The Labute approximate surface area is 213 Å². The number of nitrogens with one attached hydrogen (secondary N) is 2. The number of aromatic nitrogens is 3. The molecule has 0 unspecified atom stereocenters. The number of pyridine rings is 1. The zero-order valence-corrected chi connectivity index (χ0v) is 22.9. The van der Waals surface area contributed by atoms with E-state index in [9.17, 15) is 13.2 Å². The smallest absolute Gasteiger partial charge is 0.407 e. The van der Waals surface area contributed by atoms with Crippen LogP contribution in [0.25, 0.3) is 11.0 Å². The SMILES string of the molecule is Cc1nc2c(Cc3ccc(S(=O)(=O)N(C)[C@H](COC(=O)NC(C)(C)C)CC(C)C)cc3)nccc2[nH]1. The molecule has 3 aromatic rings. The Kier molecular flexibility index (Phi) is 8.40. The summed E-state index contributed by atoms with van der Waals surface area (Å²) < 4.78 is 33.5. The molecule has 0 fully saturated rings. The van der Waals surface area contributed by atoms with E-state index in [-0.39, 0.29) is 17.4 Å². The molecule has 0 aliphatic carbocycles. The molecule has 196 valence electrons. The minimum atomic E-state index is -3.80. The van der Waals surface area contributed by atoms with E-state index in [0.717, 1.165) is 28.1 Å². The number of aromatic amines is 1. The first-order valence-corrected chi connectivity index (χ1v) is 13.5. The average Bonchev–Trinajstić information content (AvgIpc) is 3.16. The molecule has 0 bridgehead atoms. The average molecular weight is 516 g/mol. The number of carbonyl (C=O) groups is 1. The molecule has 9 nitrogen and oxygen atoms in total. The topological polar surface area (TPSA) is 117 Å². The van der Waals surface area contributed by atoms with Crippen LogP contribution in [0.1, 0.15) is 58.1 Å². The van der Waals surface area contributed by atoms with Crippen LogP contribution in [0.4, 0.5) is 4.79 Å². The van der Waals surface area contributed by atoms with Crippen molar-refractivity contribution in [2.75, 3.05) is 13.7 Å². The van der Waals surface area contributed by atoms with E-state index in [4.69, 9.17) is 4.74 Å². The Morgan fingerprint density at radius 2 is 1.83 bits per heavy atom. The second-order valence-corrected chi connectivity index (χ2v) is 12.6. The number of hydrogen-bond acceptors (Lipinski definition) is 6. The summed E-state index contributed by atoms with van der Waals surface area (Å²) in [4.78, 5) is 24.5. The van der Waals surface area contributed by atoms with E-state index in [1.54, 1.807) is 30.5 Å². The first-order chi connectivity index (χ1) is 16.8. The number of nitrogens with zero attached hydrogens (tertiary/aromatic N) is 3. The molecular weight excluding hydrogens is 478 g/mol. The highest BCUT2D eigenvalue weighted by atomic mass is 32.2. The van der Waals surface area contributed by atoms with Crippen LogP contribution in [0.5, 0.6) is 0 Å². The van der Waals surface area contributed by atoms with Crippen molar-refractivity contribution < 1.29 is 17.9 Å². The predicted octanol–water partition coefficient (Wildman–Crippen LogP) is 4.42. The molecule has 1 aromatic carbocycles. The van der Waals surface area contributed by atoms with E-state index < -0.39 is 27.7 Å². The van der Waals surface area contributed by atoms with Gasteiger partial charge in [0.05, 0.1) is 22.1 Å². The summed E-state index contributed by atoms with van der Waals surface area (Å²) in [5, 5.41) is 2.74. The number of alkyl carbamates (subject to hydrolysis) is 1. The van der Waals surface area contributed by atoms with E-state index in [1.165, 1.54) is 11.4 Å². The Morgan fingerprint density at radius 3 is 2.44 bits per heavy atom. The van der Waals surface area contributed by atoms with Gasteiger partial charge in [0.2, 0.25) is 10.0 Å². The first-order valence-electron chi connectivity index (χ1n) is 12.1. The molecule has 2 heterocycles. The third kappa shape index (κ3) is 7.04. The minimum Gasteiger partial charge on any atom is -0.448 e. The zero-order valence-electron chi connectivity index (χ0n) is 22.1. The molecule has 0 radical (unpaired) electrons. The largest absolute Gasteiger partial charge is 0.448 e. The predicted molar refractivity (Wildman–Crippen MR) is 140 cm³/mol. The van der Waals surface area contributed by atoms with Crippen molar-refractivity contribution in [3.8, 4) is 0 Å². The van der Waals surface area contributed by atoms with Gasteiger partial charge < -0.3 is 15.0 Å². The van der Waals surface area contributed by atoms with Gasteiger partial charge >= 0.3 is 6.09 Å². The fourth-order valence-corrected chi connectivity index (χ4v) is 5.31. The van der Waals surface area contributed by atoms with E-state index >= 15 is 0 Å². The Hall–Kier alpha value is -2.98. The summed E-state index contributed by atoms with van der Waals surface area (Å²) in [5.74, 6) is 1.03. The third-order valence-corrected chi connectivity index (χ3v) is 7.63. The van der Waals surface area contributed by atoms with Gasteiger partial charge in [-0.1, -0.05) is 26.0 Å². The molecule has 1 atom stereocenters. The van der Waals surface area contributed by atoms with Gasteiger partial charge in [-0.3, -0.25) is 4.98 Å². The van der Waals surface area contributed by atoms with Gasteiger partial charge in [-0.25, -0.2) is 18.2 Å². The maximum absolute atomic E-state index is 13.4. The van der Waals surface area contributed by atoms with Gasteiger partial charge in [0.1, 0.15) is 17.9 Å². The lowest BCUT2D eigenvalue weighted by molar-refractivity contribution is 0.109. The van der Waals surface area contributed by atoms with Crippen LogP contribution in [-0.2, 0) is 21.2 Å². The van der Waals surface area contributed by atoms with Crippen molar-refractivity contribution >= 4 is 27.1 Å². The highest BCUT2D eigenvalue weighted by Gasteiger charge is 2.30. The number of amides is 1. The highest BCUT2D eigenvalue weighted by Crippen LogP contribution is 2.23. The van der Waals surface area contributed by atoms with Crippen molar-refractivity contribution in [1.29, 1.82) is 0 Å². The van der Waals surface area contributed by atoms with Crippen molar-refractivity contribution in [1.82, 2.24) is 24.6 Å². The van der Waals surface area contributed by atoms with Crippen LogP contribution in [-0.4, -0.2) is 59.0 Å². The number of carbonyl (C=O) groups excluding carboxylic acids is 1. The molecule has 2 aromatic heterocycles. The summed E-state index contributed by atoms with van der Waals surface area (Å²) in [7, 11) is -2.27. The van der Waals surface area contributed by atoms with Gasteiger partial charge in [0.25, 0.3) is 0 Å². The van der Waals surface area contributed by atoms with Crippen LogP contribution < -0.4 is 5.32 Å². The van der Waals surface area contributed by atoms with Crippen molar-refractivity contribution in [2.45, 2.75) is 70.9 Å². The minimum absolute atomic E-state index is 0.0351. The van der Waals surface area contributed by atoms with Crippen LogP contribution in [0, 0.1) is 12.8 Å². The second kappa shape index (κ2) is 11.0. The van der Waals surface area contributed by atoms with Gasteiger partial charge in [0, 0.05) is 25.2 Å². The fourth-order valence-electron chi connectivity index (χ4n) is 3.96. The maximum atomic E-state index is 13.4. The molecule has 0 aliphatic rings. The molecule has 0 aliphatic heterocycles. The molecule has 2 N–H and O–H groups in total. The first kappa shape index (κ1) is 27.6. The molecule has 0 saturated heterocycles. The number of hydrogen-bond donors (Lipinski definition) is 2. The summed E-state index contributed by atoms with van der Waals surface area (Å²) in [6, 6.07) is 8.20. The third-order valence-electron chi connectivity index (χ3n) is 5.71. The maximum Gasteiger partial charge on any atom is 0.407 e. The van der Waals surface area contributed by atoms with Gasteiger partial charge in [-0.2, -0.15) is 4.31 Å². The van der Waals surface area contributed by atoms with E-state index in [0.29, 0.717) is 12.8 Å². The van der Waals surface area contributed by atoms with E-state index in [1.807, 2.05) is 47.6 Å². The van der Waals surface area contributed by atoms with Crippen molar-refractivity contribution in [3.05, 3.63) is 53.6 Å². The molecular formula is C26H37N5O4S. The Balaban J connectivity index is 1.75. The standard InChI is InChI=1S/C26H37N5O4S/c1-17(2)14-20(16-35-25(32)30-26(4,5)6)31(7)36(33,34)21-10-8-19(9-11-21)15-23-24-22(12-13-27-23)28-18(3)29-24/h8-13,17,20H,14-16H2,1-7H3,(H,28,29)(H,30,32)/t20-/m0/s1. The monoisotopic (exact) mass is 515 g/mol. The quantitative estimate of drug-likeness (QED) is 0.436. The number of H-pyrrole nitrogens is 1. The van der Waals surface area contributed by atoms with Crippen LogP contribution in [0.3, 0.4) is 0 Å². The lowest BCUT2D eigenvalue weighted by atomic mass is 10.0. The molecule has 3 rings (SSSR count). The van der Waals surface area contributed by atoms with Gasteiger partial charge in [-0.15, -0.1) is 0 Å². The molecule has 1 amide bonds. The number of imidazole rings is 1. The lowest BCUT2D eigenvalue weighted by Gasteiger charge is -2.29. The molecule has 0 saturated carbocycles. The van der Waals surface area contributed by atoms with Crippen LogP contribution in [0.15, 0.2) is 41.4 Å². The van der Waals surface area contributed by atoms with Gasteiger partial charge in [-0.05, 0) is 63.8 Å². The summed E-state index contributed by atoms with van der Waals surface area (Å²) in [6.45, 7) is 11.4. The molecule has 0 spiro atoms. The number of aryl methyl sites for hydroxylation is 1. The second-order valence-electron chi connectivity index (χ2n) is 10.6. The lowest BCUT2D eigenvalue weighted by Crippen LogP contribution is -2.45. The molecule has 10 heteroatoms. The number of benzene rings is 1. The number of fused-ring (bicyclic) bond motifs is 1. The van der Waals surface area contributed by atoms with Crippen molar-refractivity contribution in [2.24, 2.45) is 5.92 Å². The van der Waals surface area contributed by atoms with Crippen LogP contribution >= 0.6 is 0 Å². The normalized spacial score (nSPS) is 13.4. The number of rotatable bonds is 9. The highest BCUT2D eigenvalue weighted by molar-refractivity contribution is 7.89.